The van der Waals surface area contributed by atoms with Crippen molar-refractivity contribution < 1.29 is 17.6 Å². The van der Waals surface area contributed by atoms with Crippen LogP contribution in [0.25, 0.3) is 0 Å². The lowest BCUT2D eigenvalue weighted by atomic mass is 9.85. The smallest absolute Gasteiger partial charge is 0.206 e. The summed E-state index contributed by atoms with van der Waals surface area (Å²) >= 11 is 0. The predicted octanol–water partition coefficient (Wildman–Crippen LogP) is 4.14. The summed E-state index contributed by atoms with van der Waals surface area (Å²) in [6.07, 6.45) is -4.63. The van der Waals surface area contributed by atoms with E-state index < -0.39 is 23.0 Å². The summed E-state index contributed by atoms with van der Waals surface area (Å²) in [7, 11) is 0. The van der Waals surface area contributed by atoms with Gasteiger partial charge in [-0.25, -0.2) is 4.39 Å². The molecule has 84 valence electrons. The van der Waals surface area contributed by atoms with Crippen LogP contribution in [0.1, 0.15) is 31.9 Å². The monoisotopic (exact) mass is 220 g/mol. The Balaban J connectivity index is 3.37. The molecule has 1 aromatic rings. The maximum Gasteiger partial charge on any atom is 0.419 e. The average molecular weight is 220 g/mol. The van der Waals surface area contributed by atoms with Crippen molar-refractivity contribution in [3.63, 3.8) is 0 Å². The van der Waals surface area contributed by atoms with Crippen molar-refractivity contribution in [2.24, 2.45) is 0 Å². The highest BCUT2D eigenvalue weighted by molar-refractivity contribution is 5.32. The second-order valence-corrected chi connectivity index (χ2v) is 4.41. The van der Waals surface area contributed by atoms with Gasteiger partial charge in [-0.05, 0) is 17.0 Å². The number of benzene rings is 1. The molecule has 0 heterocycles. The molecule has 0 nitrogen and oxygen atoms in total. The molecule has 0 aliphatic carbocycles. The Hall–Kier alpha value is -1.06. The molecule has 0 spiro atoms. The minimum absolute atomic E-state index is 0.0809. The molecule has 0 aliphatic rings. The van der Waals surface area contributed by atoms with Gasteiger partial charge in [-0.3, -0.25) is 0 Å². The first-order valence-corrected chi connectivity index (χ1v) is 4.50. The number of hydrogen-bond donors (Lipinski definition) is 0. The van der Waals surface area contributed by atoms with Crippen LogP contribution in [0.2, 0.25) is 0 Å². The topological polar surface area (TPSA) is 0 Å². The molecule has 15 heavy (non-hydrogen) atoms. The minimum Gasteiger partial charge on any atom is -0.206 e. The van der Waals surface area contributed by atoms with E-state index >= 15 is 0 Å². The van der Waals surface area contributed by atoms with Gasteiger partial charge >= 0.3 is 6.18 Å². The molecule has 0 N–H and O–H groups in total. The van der Waals surface area contributed by atoms with Crippen LogP contribution in [0.15, 0.2) is 18.2 Å². The predicted molar refractivity (Wildman–Crippen MR) is 50.1 cm³/mol. The van der Waals surface area contributed by atoms with Gasteiger partial charge in [-0.1, -0.05) is 32.9 Å². The zero-order chi connectivity index (χ0) is 11.9. The second kappa shape index (κ2) is 3.51. The molecule has 0 amide bonds. The van der Waals surface area contributed by atoms with Crippen molar-refractivity contribution >= 4 is 0 Å². The van der Waals surface area contributed by atoms with Crippen molar-refractivity contribution in [1.29, 1.82) is 0 Å². The fourth-order valence-corrected chi connectivity index (χ4v) is 1.33. The van der Waals surface area contributed by atoms with Crippen LogP contribution in [0.5, 0.6) is 0 Å². The van der Waals surface area contributed by atoms with Gasteiger partial charge in [0, 0.05) is 0 Å². The summed E-state index contributed by atoms with van der Waals surface area (Å²) in [5, 5.41) is 0. The lowest BCUT2D eigenvalue weighted by Crippen LogP contribution is -2.17. The fourth-order valence-electron chi connectivity index (χ4n) is 1.33. The molecule has 0 aliphatic heterocycles. The highest BCUT2D eigenvalue weighted by Crippen LogP contribution is 2.35. The molecule has 0 saturated carbocycles. The molecule has 0 fully saturated rings. The molecule has 1 aromatic carbocycles. The van der Waals surface area contributed by atoms with E-state index in [1.807, 2.05) is 0 Å². The zero-order valence-corrected chi connectivity index (χ0v) is 8.74. The molecule has 0 saturated heterocycles. The average Bonchev–Trinajstić information content (AvgIpc) is 1.99. The Bertz CT molecular complexity index is 326. The third-order valence-electron chi connectivity index (χ3n) is 2.11. The van der Waals surface area contributed by atoms with E-state index in [1.54, 1.807) is 20.8 Å². The van der Waals surface area contributed by atoms with Gasteiger partial charge in [0.05, 0.1) is 5.56 Å². The lowest BCUT2D eigenvalue weighted by Gasteiger charge is -2.21. The van der Waals surface area contributed by atoms with E-state index in [0.717, 1.165) is 6.07 Å². The summed E-state index contributed by atoms with van der Waals surface area (Å²) < 4.78 is 50.7. The molecule has 0 bridgehead atoms. The summed E-state index contributed by atoms with van der Waals surface area (Å²) in [5.41, 5.74) is -1.75. The number of hydrogen-bond acceptors (Lipinski definition) is 0. The molecule has 4 heteroatoms. The highest BCUT2D eigenvalue weighted by Gasteiger charge is 2.36. The first-order chi connectivity index (χ1) is 6.64. The van der Waals surface area contributed by atoms with Gasteiger partial charge in [-0.2, -0.15) is 13.2 Å². The van der Waals surface area contributed by atoms with Crippen LogP contribution < -0.4 is 0 Å². The van der Waals surface area contributed by atoms with E-state index in [9.17, 15) is 17.6 Å². The summed E-state index contributed by atoms with van der Waals surface area (Å²) in [4.78, 5) is 0. The normalized spacial score (nSPS) is 13.0. The van der Waals surface area contributed by atoms with E-state index in [2.05, 4.69) is 0 Å². The first-order valence-electron chi connectivity index (χ1n) is 4.50. The fraction of sp³-hybridized carbons (Fsp3) is 0.455. The Morgan fingerprint density at radius 1 is 0.933 bits per heavy atom. The number of rotatable bonds is 0. The van der Waals surface area contributed by atoms with Crippen molar-refractivity contribution in [2.45, 2.75) is 32.4 Å². The largest absolute Gasteiger partial charge is 0.419 e. The Morgan fingerprint density at radius 2 is 1.40 bits per heavy atom. The third-order valence-corrected chi connectivity index (χ3v) is 2.11. The molecule has 0 aromatic heterocycles. The first kappa shape index (κ1) is 12.0. The quantitative estimate of drug-likeness (QED) is 0.576. The molecular weight excluding hydrogens is 208 g/mol. The van der Waals surface area contributed by atoms with Crippen molar-refractivity contribution in [1.82, 2.24) is 0 Å². The molecule has 0 atom stereocenters. The van der Waals surface area contributed by atoms with E-state index in [1.165, 1.54) is 12.1 Å². The second-order valence-electron chi connectivity index (χ2n) is 4.41. The van der Waals surface area contributed by atoms with Crippen LogP contribution in [-0.4, -0.2) is 0 Å². The zero-order valence-electron chi connectivity index (χ0n) is 8.74. The van der Waals surface area contributed by atoms with Gasteiger partial charge in [-0.15, -0.1) is 0 Å². The molecule has 1 rings (SSSR count). The maximum absolute atomic E-state index is 13.5. The van der Waals surface area contributed by atoms with E-state index in [4.69, 9.17) is 0 Å². The van der Waals surface area contributed by atoms with Crippen LogP contribution in [0, 0.1) is 5.82 Å². The van der Waals surface area contributed by atoms with E-state index in [-0.39, 0.29) is 5.56 Å². The minimum atomic E-state index is -4.63. The van der Waals surface area contributed by atoms with Gasteiger partial charge in [0.2, 0.25) is 0 Å². The van der Waals surface area contributed by atoms with Crippen LogP contribution >= 0.6 is 0 Å². The summed E-state index contributed by atoms with van der Waals surface area (Å²) in [6, 6.07) is 3.36. The molecular formula is C11H12F4. The summed E-state index contributed by atoms with van der Waals surface area (Å²) in [5.74, 6) is -1.17. The van der Waals surface area contributed by atoms with E-state index in [0.29, 0.717) is 0 Å². The van der Waals surface area contributed by atoms with Gasteiger partial charge in [0.15, 0.2) is 0 Å². The third kappa shape index (κ3) is 2.49. The van der Waals surface area contributed by atoms with Crippen molar-refractivity contribution in [3.05, 3.63) is 35.1 Å². The summed E-state index contributed by atoms with van der Waals surface area (Å²) in [6.45, 7) is 5.02. The van der Waals surface area contributed by atoms with Crippen LogP contribution in [-0.2, 0) is 11.6 Å². The van der Waals surface area contributed by atoms with Gasteiger partial charge in [0.1, 0.15) is 5.82 Å². The Labute approximate surface area is 85.9 Å². The van der Waals surface area contributed by atoms with Gasteiger partial charge in [0.25, 0.3) is 0 Å². The Morgan fingerprint density at radius 3 is 1.80 bits per heavy atom. The molecule has 0 radical (unpaired) electrons. The lowest BCUT2D eigenvalue weighted by molar-refractivity contribution is -0.140. The van der Waals surface area contributed by atoms with Crippen LogP contribution in [0.3, 0.4) is 0 Å². The standard InChI is InChI=1S/C11H12F4/c1-10(2,3)7-5-4-6-8(9(7)12)11(13,14)15/h4-6H,1-3H3. The number of alkyl halides is 3. The van der Waals surface area contributed by atoms with Crippen molar-refractivity contribution in [2.75, 3.05) is 0 Å². The number of halogens is 4. The SMILES string of the molecule is CC(C)(C)c1cccc(C(F)(F)F)c1F. The Kier molecular flexibility index (Phi) is 2.81. The highest BCUT2D eigenvalue weighted by atomic mass is 19.4. The van der Waals surface area contributed by atoms with Crippen LogP contribution in [0.4, 0.5) is 17.6 Å². The van der Waals surface area contributed by atoms with Gasteiger partial charge < -0.3 is 0 Å². The van der Waals surface area contributed by atoms with Crippen molar-refractivity contribution in [3.8, 4) is 0 Å². The molecule has 0 unspecified atom stereocenters. The maximum atomic E-state index is 13.5.